The number of benzene rings is 1. The molecular weight excluding hydrogens is 356 g/mol. The van der Waals surface area contributed by atoms with Gasteiger partial charge in [-0.3, -0.25) is 9.80 Å². The Balaban J connectivity index is 1.41. The molecule has 0 aliphatic carbocycles. The molecule has 1 aliphatic rings. The molecule has 7 nitrogen and oxygen atoms in total. The van der Waals surface area contributed by atoms with Crippen LogP contribution in [0, 0.1) is 0 Å². The molecule has 0 radical (unpaired) electrons. The van der Waals surface area contributed by atoms with Crippen LogP contribution < -0.4 is 4.74 Å². The number of nitrogens with zero attached hydrogens (tertiary/aromatic N) is 4. The minimum Gasteiger partial charge on any atom is -0.491 e. The molecule has 0 bridgehead atoms. The van der Waals surface area contributed by atoms with Crippen LogP contribution in [0.1, 0.15) is 18.2 Å². The SMILES string of the molecule is CCN1CCN(CC(O)COc2cccc(CN(C)Cc3ccno3)c2)CC1. The number of likely N-dealkylation sites (N-methyl/N-ethyl adjacent to an activating group) is 1. The lowest BCUT2D eigenvalue weighted by Gasteiger charge is -2.34. The van der Waals surface area contributed by atoms with Crippen LogP contribution in [0.4, 0.5) is 0 Å². The molecule has 1 aromatic heterocycles. The van der Waals surface area contributed by atoms with Gasteiger partial charge in [0.15, 0.2) is 5.76 Å². The van der Waals surface area contributed by atoms with Gasteiger partial charge in [-0.15, -0.1) is 0 Å². The van der Waals surface area contributed by atoms with Crippen LogP contribution >= 0.6 is 0 Å². The zero-order valence-corrected chi connectivity index (χ0v) is 17.0. The predicted molar refractivity (Wildman–Crippen MR) is 108 cm³/mol. The van der Waals surface area contributed by atoms with Gasteiger partial charge in [0.25, 0.3) is 0 Å². The van der Waals surface area contributed by atoms with E-state index in [0.29, 0.717) is 19.7 Å². The molecule has 1 atom stereocenters. The standard InChI is InChI=1S/C21H32N4O3/c1-3-24-9-11-25(12-10-24)15-19(26)17-27-20-6-4-5-18(13-20)14-23(2)16-21-7-8-22-28-21/h4-8,13,19,26H,3,9-12,14-17H2,1-2H3. The summed E-state index contributed by atoms with van der Waals surface area (Å²) in [6, 6.07) is 9.91. The Morgan fingerprint density at radius 1 is 1.18 bits per heavy atom. The highest BCUT2D eigenvalue weighted by Crippen LogP contribution is 2.16. The molecule has 1 N–H and O–H groups in total. The van der Waals surface area contributed by atoms with Gasteiger partial charge >= 0.3 is 0 Å². The third-order valence-corrected chi connectivity index (χ3v) is 5.09. The summed E-state index contributed by atoms with van der Waals surface area (Å²) < 4.78 is 11.0. The maximum Gasteiger partial charge on any atom is 0.150 e. The topological polar surface area (TPSA) is 65.2 Å². The van der Waals surface area contributed by atoms with Crippen LogP contribution in [0.5, 0.6) is 5.75 Å². The number of aliphatic hydroxyl groups is 1. The molecule has 0 saturated carbocycles. The highest BCUT2D eigenvalue weighted by atomic mass is 16.5. The smallest absolute Gasteiger partial charge is 0.150 e. The first-order chi connectivity index (χ1) is 13.6. The van der Waals surface area contributed by atoms with Crippen molar-refractivity contribution in [3.8, 4) is 5.75 Å². The monoisotopic (exact) mass is 388 g/mol. The summed E-state index contributed by atoms with van der Waals surface area (Å²) in [6.07, 6.45) is 1.18. The molecule has 1 saturated heterocycles. The quantitative estimate of drug-likeness (QED) is 0.664. The second kappa shape index (κ2) is 10.6. The summed E-state index contributed by atoms with van der Waals surface area (Å²) >= 11 is 0. The van der Waals surface area contributed by atoms with Gasteiger partial charge in [-0.25, -0.2) is 0 Å². The Labute approximate surface area is 167 Å². The van der Waals surface area contributed by atoms with Crippen LogP contribution in [-0.2, 0) is 13.1 Å². The second-order valence-corrected chi connectivity index (χ2v) is 7.50. The summed E-state index contributed by atoms with van der Waals surface area (Å²) in [5.74, 6) is 1.64. The molecule has 1 aliphatic heterocycles. The second-order valence-electron chi connectivity index (χ2n) is 7.50. The molecule has 7 heteroatoms. The van der Waals surface area contributed by atoms with E-state index in [-0.39, 0.29) is 0 Å². The van der Waals surface area contributed by atoms with Crippen molar-refractivity contribution < 1.29 is 14.4 Å². The summed E-state index contributed by atoms with van der Waals surface area (Å²) in [6.45, 7) is 9.93. The van der Waals surface area contributed by atoms with Gasteiger partial charge in [0.1, 0.15) is 18.5 Å². The van der Waals surface area contributed by atoms with Crippen LogP contribution in [0.15, 0.2) is 41.1 Å². The maximum absolute atomic E-state index is 10.3. The predicted octanol–water partition coefficient (Wildman–Crippen LogP) is 1.68. The van der Waals surface area contributed by atoms with E-state index in [0.717, 1.165) is 56.3 Å². The Kier molecular flexibility index (Phi) is 7.85. The van der Waals surface area contributed by atoms with Crippen LogP contribution in [0.2, 0.25) is 0 Å². The molecule has 1 aromatic carbocycles. The molecule has 3 rings (SSSR count). The fraction of sp³-hybridized carbons (Fsp3) is 0.571. The maximum atomic E-state index is 10.3. The van der Waals surface area contributed by atoms with E-state index >= 15 is 0 Å². The number of ether oxygens (including phenoxy) is 1. The summed E-state index contributed by atoms with van der Waals surface area (Å²) in [5.41, 5.74) is 1.16. The van der Waals surface area contributed by atoms with Crippen LogP contribution in [0.3, 0.4) is 0 Å². The van der Waals surface area contributed by atoms with Crippen molar-refractivity contribution >= 4 is 0 Å². The molecule has 0 amide bonds. The van der Waals surface area contributed by atoms with Crippen molar-refractivity contribution in [2.45, 2.75) is 26.1 Å². The number of β-amino-alcohol motifs (C(OH)–C–C–N with tert-alkyl or cyclic N) is 1. The minimum absolute atomic E-state index is 0.311. The zero-order chi connectivity index (χ0) is 19.8. The van der Waals surface area contributed by atoms with Gasteiger partial charge in [0.05, 0.1) is 12.7 Å². The molecule has 0 spiro atoms. The van der Waals surface area contributed by atoms with Crippen molar-refractivity contribution in [1.29, 1.82) is 0 Å². The van der Waals surface area contributed by atoms with E-state index in [1.165, 1.54) is 0 Å². The number of aromatic nitrogens is 1. The largest absolute Gasteiger partial charge is 0.491 e. The average molecular weight is 389 g/mol. The summed E-state index contributed by atoms with van der Waals surface area (Å²) in [5, 5.41) is 14.1. The fourth-order valence-corrected chi connectivity index (χ4v) is 3.52. The normalized spacial score (nSPS) is 17.1. The lowest BCUT2D eigenvalue weighted by molar-refractivity contribution is 0.0470. The van der Waals surface area contributed by atoms with Gasteiger partial charge in [-0.2, -0.15) is 0 Å². The molecule has 1 fully saturated rings. The number of piperazine rings is 1. The lowest BCUT2D eigenvalue weighted by atomic mass is 10.2. The summed E-state index contributed by atoms with van der Waals surface area (Å²) in [4.78, 5) is 6.91. The van der Waals surface area contributed by atoms with Crippen LogP contribution in [0.25, 0.3) is 0 Å². The van der Waals surface area contributed by atoms with E-state index in [1.807, 2.05) is 31.3 Å². The highest BCUT2D eigenvalue weighted by Gasteiger charge is 2.18. The molecule has 154 valence electrons. The van der Waals surface area contributed by atoms with E-state index in [2.05, 4.69) is 32.8 Å². The lowest BCUT2D eigenvalue weighted by Crippen LogP contribution is -2.49. The Hall–Kier alpha value is -1.93. The van der Waals surface area contributed by atoms with Gasteiger partial charge in [-0.1, -0.05) is 24.2 Å². The fourth-order valence-electron chi connectivity index (χ4n) is 3.52. The number of rotatable bonds is 10. The first-order valence-electron chi connectivity index (χ1n) is 10.0. The van der Waals surface area contributed by atoms with E-state index in [4.69, 9.17) is 9.26 Å². The Morgan fingerprint density at radius 2 is 1.96 bits per heavy atom. The molecule has 2 aromatic rings. The van der Waals surface area contributed by atoms with Crippen molar-refractivity contribution in [3.05, 3.63) is 47.9 Å². The van der Waals surface area contributed by atoms with Crippen LogP contribution in [-0.4, -0.2) is 84.0 Å². The molecular formula is C21H32N4O3. The highest BCUT2D eigenvalue weighted by molar-refractivity contribution is 5.28. The number of hydrogen-bond acceptors (Lipinski definition) is 7. The minimum atomic E-state index is -0.481. The van der Waals surface area contributed by atoms with E-state index in [1.54, 1.807) is 6.20 Å². The first-order valence-corrected chi connectivity index (χ1v) is 10.0. The van der Waals surface area contributed by atoms with Gasteiger partial charge in [0, 0.05) is 45.3 Å². The van der Waals surface area contributed by atoms with E-state index < -0.39 is 6.10 Å². The van der Waals surface area contributed by atoms with Crippen molar-refractivity contribution in [2.75, 3.05) is 52.9 Å². The van der Waals surface area contributed by atoms with Crippen molar-refractivity contribution in [1.82, 2.24) is 19.9 Å². The first kappa shape index (κ1) is 20.8. The molecule has 2 heterocycles. The van der Waals surface area contributed by atoms with Gasteiger partial charge in [0.2, 0.25) is 0 Å². The average Bonchev–Trinajstić information content (AvgIpc) is 3.20. The van der Waals surface area contributed by atoms with Crippen molar-refractivity contribution in [3.63, 3.8) is 0 Å². The Morgan fingerprint density at radius 3 is 2.68 bits per heavy atom. The van der Waals surface area contributed by atoms with E-state index in [9.17, 15) is 5.11 Å². The zero-order valence-electron chi connectivity index (χ0n) is 17.0. The van der Waals surface area contributed by atoms with Gasteiger partial charge in [-0.05, 0) is 31.3 Å². The van der Waals surface area contributed by atoms with Gasteiger partial charge < -0.3 is 19.3 Å². The third-order valence-electron chi connectivity index (χ3n) is 5.09. The summed E-state index contributed by atoms with van der Waals surface area (Å²) in [7, 11) is 2.04. The van der Waals surface area contributed by atoms with Crippen molar-refractivity contribution in [2.24, 2.45) is 0 Å². The number of hydrogen-bond donors (Lipinski definition) is 1. The Bertz CT molecular complexity index is 687. The molecule has 28 heavy (non-hydrogen) atoms. The molecule has 1 unspecified atom stereocenters. The third kappa shape index (κ3) is 6.60. The number of aliphatic hydroxyl groups excluding tert-OH is 1.